The van der Waals surface area contributed by atoms with E-state index in [0.29, 0.717) is 6.61 Å². The molecule has 3 N–H and O–H groups in total. The number of likely N-dealkylation sites (N-methyl/N-ethyl adjacent to an activating group) is 1. The molecule has 1 aromatic rings. The van der Waals surface area contributed by atoms with Crippen molar-refractivity contribution in [3.05, 3.63) is 29.8 Å². The van der Waals surface area contributed by atoms with Crippen LogP contribution in [0.1, 0.15) is 24.9 Å². The smallest absolute Gasteiger partial charge is 0.304 e. The van der Waals surface area contributed by atoms with Crippen molar-refractivity contribution < 1.29 is 14.6 Å². The largest absolute Gasteiger partial charge is 0.494 e. The maximum Gasteiger partial charge on any atom is 0.304 e. The molecule has 2 atom stereocenters. The topological polar surface area (TPSA) is 75.8 Å². The number of aliphatic carboxylic acids is 1. The summed E-state index contributed by atoms with van der Waals surface area (Å²) in [6.07, 6.45) is -0.0595. The van der Waals surface area contributed by atoms with Crippen molar-refractivity contribution in [2.75, 3.05) is 20.7 Å². The molecule has 2 unspecified atom stereocenters. The monoisotopic (exact) mass is 266 g/mol. The van der Waals surface area contributed by atoms with E-state index >= 15 is 0 Å². The van der Waals surface area contributed by atoms with Gasteiger partial charge >= 0.3 is 5.97 Å². The third kappa shape index (κ3) is 4.54. The lowest BCUT2D eigenvalue weighted by atomic mass is 9.96. The first-order chi connectivity index (χ1) is 8.95. The number of ether oxygens (including phenoxy) is 1. The second kappa shape index (κ2) is 7.11. The fourth-order valence-corrected chi connectivity index (χ4v) is 2.17. The zero-order valence-electron chi connectivity index (χ0n) is 11.7. The van der Waals surface area contributed by atoms with Gasteiger partial charge in [0.15, 0.2) is 0 Å². The Morgan fingerprint density at radius 2 is 1.95 bits per heavy atom. The summed E-state index contributed by atoms with van der Waals surface area (Å²) in [7, 11) is 3.78. The van der Waals surface area contributed by atoms with Crippen molar-refractivity contribution in [2.45, 2.75) is 25.4 Å². The number of hydrogen-bond donors (Lipinski definition) is 2. The maximum absolute atomic E-state index is 10.8. The zero-order valence-corrected chi connectivity index (χ0v) is 11.7. The summed E-state index contributed by atoms with van der Waals surface area (Å²) in [5, 5.41) is 8.86. The second-order valence-electron chi connectivity index (χ2n) is 4.67. The zero-order chi connectivity index (χ0) is 14.4. The summed E-state index contributed by atoms with van der Waals surface area (Å²) in [6, 6.07) is 7.03. The number of carbonyl (C=O) groups is 1. The standard InChI is InChI=1S/C14H22N2O3/c1-4-19-11-7-5-10(6-8-11)14(16(2)3)12(15)9-13(17)18/h5-8,12,14H,4,9,15H2,1-3H3,(H,17,18). The quantitative estimate of drug-likeness (QED) is 0.782. The van der Waals surface area contributed by atoms with Crippen LogP contribution < -0.4 is 10.5 Å². The molecule has 0 aromatic heterocycles. The first-order valence-electron chi connectivity index (χ1n) is 6.32. The van der Waals surface area contributed by atoms with Gasteiger partial charge in [-0.2, -0.15) is 0 Å². The minimum absolute atomic E-state index is 0.0595. The van der Waals surface area contributed by atoms with Gasteiger partial charge in [0.2, 0.25) is 0 Å². The Kier molecular flexibility index (Phi) is 5.79. The average molecular weight is 266 g/mol. The number of nitrogens with two attached hydrogens (primary N) is 1. The van der Waals surface area contributed by atoms with E-state index in [1.165, 1.54) is 0 Å². The van der Waals surface area contributed by atoms with Gasteiger partial charge in [0.25, 0.3) is 0 Å². The first kappa shape index (κ1) is 15.5. The highest BCUT2D eigenvalue weighted by molar-refractivity contribution is 5.67. The van der Waals surface area contributed by atoms with Crippen LogP contribution in [0.3, 0.4) is 0 Å². The van der Waals surface area contributed by atoms with E-state index in [1.54, 1.807) is 0 Å². The van der Waals surface area contributed by atoms with Crippen molar-refractivity contribution in [2.24, 2.45) is 5.73 Å². The molecule has 0 aliphatic rings. The van der Waals surface area contributed by atoms with Gasteiger partial charge in [-0.25, -0.2) is 0 Å². The number of benzene rings is 1. The van der Waals surface area contributed by atoms with Gasteiger partial charge in [-0.15, -0.1) is 0 Å². The van der Waals surface area contributed by atoms with Gasteiger partial charge in [0.1, 0.15) is 5.75 Å². The Balaban J connectivity index is 2.89. The molecule has 0 bridgehead atoms. The van der Waals surface area contributed by atoms with E-state index in [0.717, 1.165) is 11.3 Å². The summed E-state index contributed by atoms with van der Waals surface area (Å²) in [5.41, 5.74) is 6.98. The molecule has 0 spiro atoms. The Labute approximate surface area is 114 Å². The molecule has 106 valence electrons. The normalized spacial score (nSPS) is 14.2. The Morgan fingerprint density at radius 1 is 1.37 bits per heavy atom. The second-order valence-corrected chi connectivity index (χ2v) is 4.67. The summed E-state index contributed by atoms with van der Waals surface area (Å²) in [5.74, 6) is -0.0825. The number of rotatable bonds is 7. The van der Waals surface area contributed by atoms with Crippen molar-refractivity contribution in [3.8, 4) is 5.75 Å². The minimum Gasteiger partial charge on any atom is -0.494 e. The summed E-state index contributed by atoms with van der Waals surface area (Å²) < 4.78 is 5.39. The van der Waals surface area contributed by atoms with Crippen LogP contribution in [0.25, 0.3) is 0 Å². The highest BCUT2D eigenvalue weighted by Crippen LogP contribution is 2.25. The maximum atomic E-state index is 10.8. The van der Waals surface area contributed by atoms with Gasteiger partial charge < -0.3 is 20.5 Å². The molecule has 5 nitrogen and oxygen atoms in total. The van der Waals surface area contributed by atoms with Gasteiger partial charge in [-0.05, 0) is 38.7 Å². The van der Waals surface area contributed by atoms with Gasteiger partial charge in [-0.3, -0.25) is 4.79 Å². The van der Waals surface area contributed by atoms with Gasteiger partial charge in [-0.1, -0.05) is 12.1 Å². The number of hydrogen-bond acceptors (Lipinski definition) is 4. The molecule has 0 saturated heterocycles. The van der Waals surface area contributed by atoms with E-state index in [2.05, 4.69) is 0 Å². The van der Waals surface area contributed by atoms with Crippen molar-refractivity contribution in [1.82, 2.24) is 4.90 Å². The third-order valence-electron chi connectivity index (χ3n) is 2.90. The molecule has 0 amide bonds. The van der Waals surface area contributed by atoms with Gasteiger partial charge in [0.05, 0.1) is 13.0 Å². The van der Waals surface area contributed by atoms with Crippen LogP contribution in [-0.2, 0) is 4.79 Å². The lowest BCUT2D eigenvalue weighted by Gasteiger charge is -2.29. The van der Waals surface area contributed by atoms with Crippen molar-refractivity contribution in [3.63, 3.8) is 0 Å². The Morgan fingerprint density at radius 3 is 2.37 bits per heavy atom. The summed E-state index contributed by atoms with van der Waals surface area (Å²) in [4.78, 5) is 12.7. The fourth-order valence-electron chi connectivity index (χ4n) is 2.17. The van der Waals surface area contributed by atoms with Crippen molar-refractivity contribution in [1.29, 1.82) is 0 Å². The SMILES string of the molecule is CCOc1ccc(C(C(N)CC(=O)O)N(C)C)cc1. The predicted molar refractivity (Wildman–Crippen MR) is 74.3 cm³/mol. The van der Waals surface area contributed by atoms with Crippen LogP contribution in [0.15, 0.2) is 24.3 Å². The minimum atomic E-state index is -0.884. The highest BCUT2D eigenvalue weighted by atomic mass is 16.5. The summed E-state index contributed by atoms with van der Waals surface area (Å²) >= 11 is 0. The first-order valence-corrected chi connectivity index (χ1v) is 6.32. The molecule has 0 radical (unpaired) electrons. The highest BCUT2D eigenvalue weighted by Gasteiger charge is 2.24. The molecule has 0 aliphatic heterocycles. The lowest BCUT2D eigenvalue weighted by Crippen LogP contribution is -2.38. The van der Waals surface area contributed by atoms with Crippen molar-refractivity contribution >= 4 is 5.97 Å². The Bertz CT molecular complexity index is 404. The van der Waals surface area contributed by atoms with Crippen LogP contribution in [-0.4, -0.2) is 42.7 Å². The van der Waals surface area contributed by atoms with Crippen LogP contribution in [0.5, 0.6) is 5.75 Å². The molecule has 0 saturated carbocycles. The number of carboxylic acids is 1. The molecule has 1 aromatic carbocycles. The molecule has 0 heterocycles. The van der Waals surface area contributed by atoms with Crippen LogP contribution >= 0.6 is 0 Å². The fraction of sp³-hybridized carbons (Fsp3) is 0.500. The van der Waals surface area contributed by atoms with E-state index in [9.17, 15) is 4.79 Å². The molecule has 0 aliphatic carbocycles. The van der Waals surface area contributed by atoms with E-state index < -0.39 is 12.0 Å². The predicted octanol–water partition coefficient (Wildman–Crippen LogP) is 1.49. The van der Waals surface area contributed by atoms with E-state index in [1.807, 2.05) is 50.2 Å². The lowest BCUT2D eigenvalue weighted by molar-refractivity contribution is -0.137. The number of carboxylic acid groups (broad SMARTS) is 1. The van der Waals surface area contributed by atoms with Gasteiger partial charge in [0, 0.05) is 12.1 Å². The molecule has 0 fully saturated rings. The summed E-state index contributed by atoms with van der Waals surface area (Å²) in [6.45, 7) is 2.55. The molecular formula is C14H22N2O3. The van der Waals surface area contributed by atoms with Crippen LogP contribution in [0.2, 0.25) is 0 Å². The molecule has 5 heteroatoms. The molecular weight excluding hydrogens is 244 g/mol. The number of nitrogens with zero attached hydrogens (tertiary/aromatic N) is 1. The van der Waals surface area contributed by atoms with Crippen LogP contribution in [0, 0.1) is 0 Å². The van der Waals surface area contributed by atoms with E-state index in [-0.39, 0.29) is 12.5 Å². The van der Waals surface area contributed by atoms with E-state index in [4.69, 9.17) is 15.6 Å². The average Bonchev–Trinajstić information content (AvgIpc) is 2.30. The molecule has 19 heavy (non-hydrogen) atoms. The molecule has 1 rings (SSSR count). The Hall–Kier alpha value is -1.59. The third-order valence-corrected chi connectivity index (χ3v) is 2.90. The van der Waals surface area contributed by atoms with Crippen LogP contribution in [0.4, 0.5) is 0 Å².